The van der Waals surface area contributed by atoms with Gasteiger partial charge in [-0.1, -0.05) is 11.6 Å². The van der Waals surface area contributed by atoms with Crippen LogP contribution in [-0.2, 0) is 7.05 Å². The Kier molecular flexibility index (Phi) is 3.38. The van der Waals surface area contributed by atoms with Crippen LogP contribution in [-0.4, -0.2) is 26.3 Å². The van der Waals surface area contributed by atoms with E-state index in [2.05, 4.69) is 33.8 Å². The second-order valence-corrected chi connectivity index (χ2v) is 5.65. The van der Waals surface area contributed by atoms with Crippen LogP contribution in [0.4, 0.5) is 5.82 Å². The zero-order valence-electron chi connectivity index (χ0n) is 12.0. The van der Waals surface area contributed by atoms with E-state index >= 15 is 0 Å². The fourth-order valence-electron chi connectivity index (χ4n) is 3.08. The molecule has 1 unspecified atom stereocenters. The number of nitrogens with zero attached hydrogens (tertiary/aromatic N) is 5. The van der Waals surface area contributed by atoms with Crippen LogP contribution in [0.1, 0.15) is 35.8 Å². The maximum absolute atomic E-state index is 5.97. The van der Waals surface area contributed by atoms with Gasteiger partial charge in [0.2, 0.25) is 0 Å². The van der Waals surface area contributed by atoms with Crippen LogP contribution in [0, 0.1) is 13.8 Å². The Morgan fingerprint density at radius 1 is 1.30 bits per heavy atom. The van der Waals surface area contributed by atoms with Crippen LogP contribution in [0.5, 0.6) is 0 Å². The number of anilines is 1. The standard InChI is InChI=1S/C14H18ClN5/c1-9-14(10(2)19(3)18-9)11-5-4-6-20(11)13-8-16-7-12(15)17-13/h7-8,11H,4-6H2,1-3H3. The fourth-order valence-corrected chi connectivity index (χ4v) is 3.23. The van der Waals surface area contributed by atoms with Crippen LogP contribution in [0.2, 0.25) is 5.15 Å². The van der Waals surface area contributed by atoms with Crippen LogP contribution in [0.15, 0.2) is 12.4 Å². The smallest absolute Gasteiger partial charge is 0.149 e. The molecule has 2 aromatic heterocycles. The van der Waals surface area contributed by atoms with Gasteiger partial charge in [-0.3, -0.25) is 9.67 Å². The highest BCUT2D eigenvalue weighted by atomic mass is 35.5. The maximum Gasteiger partial charge on any atom is 0.149 e. The summed E-state index contributed by atoms with van der Waals surface area (Å²) in [6, 6.07) is 0.316. The van der Waals surface area contributed by atoms with E-state index in [0.717, 1.165) is 30.9 Å². The van der Waals surface area contributed by atoms with Gasteiger partial charge in [-0.15, -0.1) is 0 Å². The second kappa shape index (κ2) is 5.05. The lowest BCUT2D eigenvalue weighted by Crippen LogP contribution is -2.24. The van der Waals surface area contributed by atoms with Gasteiger partial charge in [0.15, 0.2) is 0 Å². The molecule has 0 radical (unpaired) electrons. The zero-order chi connectivity index (χ0) is 14.3. The average molecular weight is 292 g/mol. The van der Waals surface area contributed by atoms with E-state index in [1.165, 1.54) is 11.3 Å². The third kappa shape index (κ3) is 2.16. The second-order valence-electron chi connectivity index (χ2n) is 5.26. The summed E-state index contributed by atoms with van der Waals surface area (Å²) in [6.45, 7) is 5.17. The first-order valence-corrected chi connectivity index (χ1v) is 7.20. The number of hydrogen-bond acceptors (Lipinski definition) is 4. The minimum atomic E-state index is 0.316. The summed E-state index contributed by atoms with van der Waals surface area (Å²) in [5.41, 5.74) is 3.62. The van der Waals surface area contributed by atoms with Crippen molar-refractivity contribution in [2.75, 3.05) is 11.4 Å². The summed E-state index contributed by atoms with van der Waals surface area (Å²) in [4.78, 5) is 10.8. The molecule has 0 amide bonds. The van der Waals surface area contributed by atoms with Gasteiger partial charge >= 0.3 is 0 Å². The first-order chi connectivity index (χ1) is 9.58. The number of aryl methyl sites for hydroxylation is 2. The van der Waals surface area contributed by atoms with Crippen molar-refractivity contribution in [2.45, 2.75) is 32.7 Å². The van der Waals surface area contributed by atoms with Gasteiger partial charge < -0.3 is 4.90 Å². The van der Waals surface area contributed by atoms with Gasteiger partial charge in [-0.25, -0.2) is 4.98 Å². The number of hydrogen-bond donors (Lipinski definition) is 0. The highest BCUT2D eigenvalue weighted by molar-refractivity contribution is 6.29. The molecule has 0 bridgehead atoms. The molecular weight excluding hydrogens is 274 g/mol. The maximum atomic E-state index is 5.97. The molecule has 3 heterocycles. The molecule has 0 spiro atoms. The van der Waals surface area contributed by atoms with Crippen molar-refractivity contribution in [1.82, 2.24) is 19.7 Å². The Morgan fingerprint density at radius 3 is 2.75 bits per heavy atom. The predicted octanol–water partition coefficient (Wildman–Crippen LogP) is 2.82. The molecule has 6 heteroatoms. The first-order valence-electron chi connectivity index (χ1n) is 6.82. The molecule has 1 atom stereocenters. The van der Waals surface area contributed by atoms with Crippen LogP contribution in [0.3, 0.4) is 0 Å². The summed E-state index contributed by atoms with van der Waals surface area (Å²) in [7, 11) is 1.99. The highest BCUT2D eigenvalue weighted by Crippen LogP contribution is 2.37. The van der Waals surface area contributed by atoms with Gasteiger partial charge in [0, 0.05) is 24.8 Å². The number of aromatic nitrogens is 4. The van der Waals surface area contributed by atoms with Gasteiger partial charge in [-0.05, 0) is 26.7 Å². The van der Waals surface area contributed by atoms with E-state index in [0.29, 0.717) is 11.2 Å². The Morgan fingerprint density at radius 2 is 2.10 bits per heavy atom. The Balaban J connectivity index is 2.01. The molecule has 1 saturated heterocycles. The lowest BCUT2D eigenvalue weighted by Gasteiger charge is -2.26. The van der Waals surface area contributed by atoms with Crippen molar-refractivity contribution in [2.24, 2.45) is 7.05 Å². The number of halogens is 1. The molecule has 0 saturated carbocycles. The molecule has 106 valence electrons. The third-order valence-corrected chi connectivity index (χ3v) is 4.22. The van der Waals surface area contributed by atoms with Crippen molar-refractivity contribution in [3.05, 3.63) is 34.5 Å². The monoisotopic (exact) mass is 291 g/mol. The van der Waals surface area contributed by atoms with Crippen LogP contribution < -0.4 is 4.90 Å². The molecule has 1 fully saturated rings. The van der Waals surface area contributed by atoms with Gasteiger partial charge in [-0.2, -0.15) is 5.10 Å². The molecule has 0 aromatic carbocycles. The highest BCUT2D eigenvalue weighted by Gasteiger charge is 2.31. The predicted molar refractivity (Wildman–Crippen MR) is 79.0 cm³/mol. The summed E-state index contributed by atoms with van der Waals surface area (Å²) in [5, 5.41) is 4.97. The van der Waals surface area contributed by atoms with Gasteiger partial charge in [0.05, 0.1) is 24.1 Å². The van der Waals surface area contributed by atoms with Crippen molar-refractivity contribution < 1.29 is 0 Å². The minimum absolute atomic E-state index is 0.316. The van der Waals surface area contributed by atoms with E-state index in [9.17, 15) is 0 Å². The lowest BCUT2D eigenvalue weighted by atomic mass is 10.0. The van der Waals surface area contributed by atoms with E-state index < -0.39 is 0 Å². The molecule has 1 aliphatic heterocycles. The molecule has 0 aliphatic carbocycles. The van der Waals surface area contributed by atoms with Crippen LogP contribution >= 0.6 is 11.6 Å². The molecule has 3 rings (SSSR count). The molecule has 20 heavy (non-hydrogen) atoms. The lowest BCUT2D eigenvalue weighted by molar-refractivity contribution is 0.692. The van der Waals surface area contributed by atoms with Crippen LogP contribution in [0.25, 0.3) is 0 Å². The first kappa shape index (κ1) is 13.4. The van der Waals surface area contributed by atoms with Crippen molar-refractivity contribution in [3.8, 4) is 0 Å². The van der Waals surface area contributed by atoms with Gasteiger partial charge in [0.25, 0.3) is 0 Å². The number of rotatable bonds is 2. The fraction of sp³-hybridized carbons (Fsp3) is 0.500. The van der Waals surface area contributed by atoms with Crippen molar-refractivity contribution in [1.29, 1.82) is 0 Å². The Hall–Kier alpha value is -1.62. The summed E-state index contributed by atoms with van der Waals surface area (Å²) < 4.78 is 1.95. The van der Waals surface area contributed by atoms with Crippen molar-refractivity contribution >= 4 is 17.4 Å². The molecular formula is C14H18ClN5. The quantitative estimate of drug-likeness (QED) is 0.853. The zero-order valence-corrected chi connectivity index (χ0v) is 12.7. The topological polar surface area (TPSA) is 46.8 Å². The van der Waals surface area contributed by atoms with E-state index in [1.54, 1.807) is 12.4 Å². The van der Waals surface area contributed by atoms with E-state index in [-0.39, 0.29) is 0 Å². The summed E-state index contributed by atoms with van der Waals surface area (Å²) >= 11 is 5.97. The minimum Gasteiger partial charge on any atom is -0.348 e. The normalized spacial score (nSPS) is 18.8. The van der Waals surface area contributed by atoms with E-state index in [4.69, 9.17) is 11.6 Å². The SMILES string of the molecule is Cc1nn(C)c(C)c1C1CCCN1c1cncc(Cl)n1. The molecule has 5 nitrogen and oxygen atoms in total. The van der Waals surface area contributed by atoms with Gasteiger partial charge in [0.1, 0.15) is 11.0 Å². The average Bonchev–Trinajstić information content (AvgIpc) is 2.96. The summed E-state index contributed by atoms with van der Waals surface area (Å²) in [6.07, 6.45) is 5.61. The molecule has 1 aliphatic rings. The third-order valence-electron chi connectivity index (χ3n) is 4.04. The van der Waals surface area contributed by atoms with Crippen molar-refractivity contribution in [3.63, 3.8) is 0 Å². The molecule has 2 aromatic rings. The van der Waals surface area contributed by atoms with E-state index in [1.807, 2.05) is 11.7 Å². The Labute approximate surface area is 123 Å². The largest absolute Gasteiger partial charge is 0.348 e. The Bertz CT molecular complexity index is 636. The molecule has 0 N–H and O–H groups in total. The summed E-state index contributed by atoms with van der Waals surface area (Å²) in [5.74, 6) is 0.850.